The van der Waals surface area contributed by atoms with E-state index in [2.05, 4.69) is 4.98 Å². The molecule has 0 radical (unpaired) electrons. The van der Waals surface area contributed by atoms with Crippen LogP contribution in [-0.4, -0.2) is 22.5 Å². The van der Waals surface area contributed by atoms with E-state index in [1.807, 2.05) is 24.3 Å². The summed E-state index contributed by atoms with van der Waals surface area (Å²) in [6.07, 6.45) is 0. The fraction of sp³-hybridized carbons (Fsp3) is 0.0588. The maximum absolute atomic E-state index is 14.0. The van der Waals surface area contributed by atoms with Gasteiger partial charge < -0.3 is 10.0 Å². The smallest absolute Gasteiger partial charge is 0.146 e. The quantitative estimate of drug-likeness (QED) is 0.742. The fourth-order valence-corrected chi connectivity index (χ4v) is 3.69. The Hall–Kier alpha value is -2.73. The maximum atomic E-state index is 14.0. The summed E-state index contributed by atoms with van der Waals surface area (Å²) in [5.74, 6) is -0.320. The Morgan fingerprint density at radius 3 is 2.65 bits per heavy atom. The van der Waals surface area contributed by atoms with E-state index in [1.165, 1.54) is 22.3 Å². The molecule has 1 aliphatic heterocycles. The first kappa shape index (κ1) is 13.9. The van der Waals surface area contributed by atoms with Gasteiger partial charge in [-0.15, -0.1) is 11.3 Å². The van der Waals surface area contributed by atoms with Crippen LogP contribution in [0.2, 0.25) is 0 Å². The summed E-state index contributed by atoms with van der Waals surface area (Å²) < 4.78 is 15.0. The zero-order chi connectivity index (χ0) is 16.0. The van der Waals surface area contributed by atoms with Crippen LogP contribution in [0.25, 0.3) is 15.8 Å². The van der Waals surface area contributed by atoms with Crippen molar-refractivity contribution in [3.05, 3.63) is 65.1 Å². The van der Waals surface area contributed by atoms with Crippen LogP contribution in [0.4, 0.5) is 10.1 Å². The van der Waals surface area contributed by atoms with Gasteiger partial charge in [-0.3, -0.25) is 5.41 Å². The van der Waals surface area contributed by atoms with Gasteiger partial charge in [0.05, 0.1) is 28.0 Å². The van der Waals surface area contributed by atoms with Gasteiger partial charge in [0.2, 0.25) is 0 Å². The average molecular weight is 325 g/mol. The molecule has 4 nitrogen and oxygen atoms in total. The number of anilines is 1. The largest absolute Gasteiger partial charge is 0.510 e. The molecule has 114 valence electrons. The Morgan fingerprint density at radius 1 is 1.13 bits per heavy atom. The van der Waals surface area contributed by atoms with Crippen molar-refractivity contribution >= 4 is 38.6 Å². The van der Waals surface area contributed by atoms with Crippen molar-refractivity contribution in [2.75, 3.05) is 11.4 Å². The molecular weight excluding hydrogens is 313 g/mol. The predicted octanol–water partition coefficient (Wildman–Crippen LogP) is 4.20. The standard InChI is InChI=1S/C17H12FN3OS/c18-10-5-1-3-7-12(10)21-9-13(22)15(16(21)19)17-20-11-6-2-4-8-14(11)23-17/h1-8,19,22H,9H2. The van der Waals surface area contributed by atoms with Gasteiger partial charge in [-0.25, -0.2) is 9.37 Å². The number of benzene rings is 2. The monoisotopic (exact) mass is 325 g/mol. The van der Waals surface area contributed by atoms with E-state index in [0.717, 1.165) is 10.2 Å². The molecular formula is C17H12FN3OS. The number of fused-ring (bicyclic) bond motifs is 1. The lowest BCUT2D eigenvalue weighted by atomic mass is 10.2. The Morgan fingerprint density at radius 2 is 1.87 bits per heavy atom. The van der Waals surface area contributed by atoms with Crippen molar-refractivity contribution in [2.24, 2.45) is 0 Å². The molecule has 4 rings (SSSR count). The molecule has 0 atom stereocenters. The highest BCUT2D eigenvalue weighted by molar-refractivity contribution is 7.19. The van der Waals surface area contributed by atoms with Gasteiger partial charge in [-0.05, 0) is 24.3 Å². The molecule has 1 aliphatic rings. The molecule has 23 heavy (non-hydrogen) atoms. The summed E-state index contributed by atoms with van der Waals surface area (Å²) in [4.78, 5) is 5.94. The summed E-state index contributed by atoms with van der Waals surface area (Å²) in [5, 5.41) is 19.2. The first-order chi connectivity index (χ1) is 11.1. The van der Waals surface area contributed by atoms with Gasteiger partial charge in [-0.1, -0.05) is 24.3 Å². The highest BCUT2D eigenvalue weighted by Crippen LogP contribution is 2.35. The van der Waals surface area contributed by atoms with E-state index in [9.17, 15) is 9.50 Å². The van der Waals surface area contributed by atoms with E-state index < -0.39 is 5.82 Å². The number of nitrogens with zero attached hydrogens (tertiary/aromatic N) is 2. The van der Waals surface area contributed by atoms with Gasteiger partial charge in [0.1, 0.15) is 22.4 Å². The summed E-state index contributed by atoms with van der Waals surface area (Å²) >= 11 is 1.41. The van der Waals surface area contributed by atoms with Gasteiger partial charge in [0, 0.05) is 0 Å². The van der Waals surface area contributed by atoms with Crippen molar-refractivity contribution in [2.45, 2.75) is 0 Å². The topological polar surface area (TPSA) is 60.2 Å². The van der Waals surface area contributed by atoms with E-state index in [0.29, 0.717) is 10.6 Å². The number of rotatable bonds is 2. The van der Waals surface area contributed by atoms with E-state index >= 15 is 0 Å². The number of aliphatic hydroxyl groups is 1. The first-order valence-corrected chi connectivity index (χ1v) is 7.86. The van der Waals surface area contributed by atoms with Crippen LogP contribution in [0.5, 0.6) is 0 Å². The van der Waals surface area contributed by atoms with Crippen molar-refractivity contribution in [1.82, 2.24) is 4.98 Å². The van der Waals surface area contributed by atoms with Crippen LogP contribution in [-0.2, 0) is 0 Å². The number of thiazole rings is 1. The number of nitrogens with one attached hydrogen (secondary N) is 1. The van der Waals surface area contributed by atoms with Crippen LogP contribution in [0, 0.1) is 11.2 Å². The molecule has 2 N–H and O–H groups in total. The number of halogens is 1. The molecule has 3 aromatic rings. The zero-order valence-electron chi connectivity index (χ0n) is 12.0. The molecule has 0 aliphatic carbocycles. The second kappa shape index (κ2) is 5.17. The maximum Gasteiger partial charge on any atom is 0.146 e. The molecule has 2 aromatic carbocycles. The van der Waals surface area contributed by atoms with Crippen molar-refractivity contribution in [3.8, 4) is 0 Å². The zero-order valence-corrected chi connectivity index (χ0v) is 12.8. The summed E-state index contributed by atoms with van der Waals surface area (Å²) in [5.41, 5.74) is 1.47. The predicted molar refractivity (Wildman–Crippen MR) is 90.6 cm³/mol. The summed E-state index contributed by atoms with van der Waals surface area (Å²) in [7, 11) is 0. The average Bonchev–Trinajstić information content (AvgIpc) is 3.08. The van der Waals surface area contributed by atoms with Crippen LogP contribution < -0.4 is 4.90 Å². The number of para-hydroxylation sites is 2. The first-order valence-electron chi connectivity index (χ1n) is 7.04. The molecule has 0 bridgehead atoms. The highest BCUT2D eigenvalue weighted by Gasteiger charge is 2.32. The lowest BCUT2D eigenvalue weighted by Gasteiger charge is -2.18. The van der Waals surface area contributed by atoms with Crippen LogP contribution in [0.1, 0.15) is 5.01 Å². The molecule has 0 amide bonds. The van der Waals surface area contributed by atoms with Crippen LogP contribution >= 0.6 is 11.3 Å². The van der Waals surface area contributed by atoms with Gasteiger partial charge in [0.25, 0.3) is 0 Å². The van der Waals surface area contributed by atoms with Crippen LogP contribution in [0.15, 0.2) is 54.3 Å². The molecule has 6 heteroatoms. The van der Waals surface area contributed by atoms with E-state index in [1.54, 1.807) is 18.2 Å². The Kier molecular flexibility index (Phi) is 3.12. The fourth-order valence-electron chi connectivity index (χ4n) is 2.66. The van der Waals surface area contributed by atoms with Crippen molar-refractivity contribution in [1.29, 1.82) is 5.41 Å². The summed E-state index contributed by atoms with van der Waals surface area (Å²) in [6, 6.07) is 13.9. The van der Waals surface area contributed by atoms with E-state index in [4.69, 9.17) is 5.41 Å². The molecule has 0 fully saturated rings. The molecule has 0 saturated carbocycles. The molecule has 1 aromatic heterocycles. The highest BCUT2D eigenvalue weighted by atomic mass is 32.1. The molecule has 0 spiro atoms. The third kappa shape index (κ3) is 2.19. The molecule has 0 saturated heterocycles. The number of aliphatic hydroxyl groups excluding tert-OH is 1. The third-order valence-electron chi connectivity index (χ3n) is 3.75. The SMILES string of the molecule is N=C1C(c2nc3ccccc3s2)=C(O)CN1c1ccccc1F. The Labute approximate surface area is 135 Å². The van der Waals surface area contributed by atoms with Crippen molar-refractivity contribution < 1.29 is 9.50 Å². The summed E-state index contributed by atoms with van der Waals surface area (Å²) in [6.45, 7) is 0.0744. The van der Waals surface area contributed by atoms with Gasteiger partial charge >= 0.3 is 0 Å². The molecule has 2 heterocycles. The second-order valence-corrected chi connectivity index (χ2v) is 6.23. The lowest BCUT2D eigenvalue weighted by Crippen LogP contribution is -2.26. The number of amidine groups is 1. The lowest BCUT2D eigenvalue weighted by molar-refractivity contribution is 0.411. The minimum absolute atomic E-state index is 0.0392. The van der Waals surface area contributed by atoms with Crippen LogP contribution in [0.3, 0.4) is 0 Å². The van der Waals surface area contributed by atoms with Gasteiger partial charge in [0.15, 0.2) is 0 Å². The minimum atomic E-state index is -0.421. The number of aromatic nitrogens is 1. The Bertz CT molecular complexity index is 930. The molecule has 0 unspecified atom stereocenters. The van der Waals surface area contributed by atoms with E-state index in [-0.39, 0.29) is 23.8 Å². The normalized spacial score (nSPS) is 15.0. The minimum Gasteiger partial charge on any atom is -0.510 e. The number of hydrogen-bond acceptors (Lipinski definition) is 4. The Balaban J connectivity index is 1.76. The van der Waals surface area contributed by atoms with Gasteiger partial charge in [-0.2, -0.15) is 0 Å². The second-order valence-electron chi connectivity index (χ2n) is 5.19. The van der Waals surface area contributed by atoms with Crippen molar-refractivity contribution in [3.63, 3.8) is 0 Å². The third-order valence-corrected chi connectivity index (χ3v) is 4.81. The number of hydrogen-bond donors (Lipinski definition) is 2.